The van der Waals surface area contributed by atoms with Crippen molar-refractivity contribution in [2.24, 2.45) is 5.92 Å². The first-order valence-electron chi connectivity index (χ1n) is 8.97. The number of imide groups is 2. The highest BCUT2D eigenvalue weighted by Crippen LogP contribution is 2.40. The number of hydrogen-bond acceptors (Lipinski definition) is 4. The van der Waals surface area contributed by atoms with Gasteiger partial charge in [-0.05, 0) is 48.4 Å². The fourth-order valence-electron chi connectivity index (χ4n) is 4.30. The van der Waals surface area contributed by atoms with Gasteiger partial charge in [0.1, 0.15) is 11.7 Å². The Morgan fingerprint density at radius 1 is 1.12 bits per heavy atom. The van der Waals surface area contributed by atoms with E-state index in [2.05, 4.69) is 5.32 Å². The normalized spacial score (nSPS) is 23.3. The van der Waals surface area contributed by atoms with Gasteiger partial charge in [-0.3, -0.25) is 29.4 Å². The SMILES string of the molecule is O=C1CCC(C(=O)N2Cc3cc(F)cc(C4CCCC4)c3C2=O)C(=O)N1. The monoisotopic (exact) mass is 358 g/mol. The quantitative estimate of drug-likeness (QED) is 0.648. The highest BCUT2D eigenvalue weighted by molar-refractivity contribution is 6.16. The molecule has 1 saturated heterocycles. The zero-order valence-electron chi connectivity index (χ0n) is 14.2. The summed E-state index contributed by atoms with van der Waals surface area (Å²) in [5.74, 6) is -3.49. The molecule has 0 radical (unpaired) electrons. The Balaban J connectivity index is 1.64. The van der Waals surface area contributed by atoms with Crippen molar-refractivity contribution in [3.63, 3.8) is 0 Å². The van der Waals surface area contributed by atoms with Crippen molar-refractivity contribution in [1.82, 2.24) is 10.2 Å². The van der Waals surface area contributed by atoms with E-state index >= 15 is 0 Å². The van der Waals surface area contributed by atoms with Gasteiger partial charge in [-0.25, -0.2) is 4.39 Å². The molecule has 0 bridgehead atoms. The lowest BCUT2D eigenvalue weighted by Crippen LogP contribution is -2.48. The van der Waals surface area contributed by atoms with Crippen LogP contribution in [0, 0.1) is 11.7 Å². The summed E-state index contributed by atoms with van der Waals surface area (Å²) < 4.78 is 14.1. The summed E-state index contributed by atoms with van der Waals surface area (Å²) in [6, 6.07) is 2.70. The summed E-state index contributed by atoms with van der Waals surface area (Å²) in [4.78, 5) is 49.9. The summed E-state index contributed by atoms with van der Waals surface area (Å²) in [6.07, 6.45) is 4.06. The molecule has 1 unspecified atom stereocenters. The van der Waals surface area contributed by atoms with Crippen LogP contribution in [-0.2, 0) is 20.9 Å². The van der Waals surface area contributed by atoms with Crippen molar-refractivity contribution in [2.75, 3.05) is 0 Å². The first-order valence-corrected chi connectivity index (χ1v) is 8.97. The molecule has 1 aliphatic carbocycles. The van der Waals surface area contributed by atoms with Crippen LogP contribution in [0.3, 0.4) is 0 Å². The first-order chi connectivity index (χ1) is 12.5. The molecule has 136 valence electrons. The number of nitrogens with one attached hydrogen (secondary N) is 1. The number of halogens is 1. The number of rotatable bonds is 2. The van der Waals surface area contributed by atoms with Gasteiger partial charge in [0.05, 0.1) is 6.54 Å². The predicted octanol–water partition coefficient (Wildman–Crippen LogP) is 2.02. The average molecular weight is 358 g/mol. The Morgan fingerprint density at radius 2 is 1.85 bits per heavy atom. The van der Waals surface area contributed by atoms with Gasteiger partial charge < -0.3 is 0 Å². The lowest BCUT2D eigenvalue weighted by Gasteiger charge is -2.24. The predicted molar refractivity (Wildman–Crippen MR) is 88.4 cm³/mol. The second-order valence-corrected chi connectivity index (χ2v) is 7.24. The van der Waals surface area contributed by atoms with Crippen LogP contribution in [0.1, 0.15) is 65.9 Å². The van der Waals surface area contributed by atoms with Crippen molar-refractivity contribution in [1.29, 1.82) is 0 Å². The third kappa shape index (κ3) is 2.71. The van der Waals surface area contributed by atoms with Gasteiger partial charge in [-0.15, -0.1) is 0 Å². The van der Waals surface area contributed by atoms with E-state index in [1.165, 1.54) is 12.1 Å². The molecule has 26 heavy (non-hydrogen) atoms. The maximum Gasteiger partial charge on any atom is 0.261 e. The molecular formula is C19H19FN2O4. The maximum atomic E-state index is 14.1. The zero-order chi connectivity index (χ0) is 18.4. The van der Waals surface area contributed by atoms with Crippen LogP contribution in [0.5, 0.6) is 0 Å². The molecule has 0 aromatic heterocycles. The highest BCUT2D eigenvalue weighted by Gasteiger charge is 2.42. The Hall–Kier alpha value is -2.57. The van der Waals surface area contributed by atoms with Crippen molar-refractivity contribution >= 4 is 23.6 Å². The second-order valence-electron chi connectivity index (χ2n) is 7.24. The van der Waals surface area contributed by atoms with Crippen molar-refractivity contribution < 1.29 is 23.6 Å². The fourth-order valence-corrected chi connectivity index (χ4v) is 4.30. The molecule has 7 heteroatoms. The van der Waals surface area contributed by atoms with Gasteiger partial charge in [0, 0.05) is 12.0 Å². The minimum Gasteiger partial charge on any atom is -0.296 e. The second kappa shape index (κ2) is 6.30. The van der Waals surface area contributed by atoms with Gasteiger partial charge in [-0.2, -0.15) is 0 Å². The van der Waals surface area contributed by atoms with Crippen molar-refractivity contribution in [3.8, 4) is 0 Å². The number of nitrogens with zero attached hydrogens (tertiary/aromatic N) is 1. The van der Waals surface area contributed by atoms with Gasteiger partial charge in [0.2, 0.25) is 17.7 Å². The molecule has 1 N–H and O–H groups in total. The smallest absolute Gasteiger partial charge is 0.261 e. The molecule has 0 spiro atoms. The lowest BCUT2D eigenvalue weighted by molar-refractivity contribution is -0.144. The average Bonchev–Trinajstić information content (AvgIpc) is 3.22. The van der Waals surface area contributed by atoms with E-state index in [9.17, 15) is 23.6 Å². The standard InChI is InChI=1S/C19H19FN2O4/c20-12-7-11-9-22(18(25)13-5-6-15(23)21-17(13)24)19(26)16(11)14(8-12)10-3-1-2-4-10/h7-8,10,13H,1-6,9H2,(H,21,23,24). The number of piperidine rings is 1. The fraction of sp³-hybridized carbons (Fsp3) is 0.474. The Morgan fingerprint density at radius 3 is 2.54 bits per heavy atom. The van der Waals surface area contributed by atoms with Crippen LogP contribution in [0.15, 0.2) is 12.1 Å². The van der Waals surface area contributed by atoms with E-state index in [0.29, 0.717) is 16.7 Å². The van der Waals surface area contributed by atoms with Crippen LogP contribution in [0.4, 0.5) is 4.39 Å². The highest BCUT2D eigenvalue weighted by atomic mass is 19.1. The number of carbonyl (C=O) groups excluding carboxylic acids is 4. The van der Waals surface area contributed by atoms with Crippen LogP contribution in [-0.4, -0.2) is 28.5 Å². The molecule has 6 nitrogen and oxygen atoms in total. The third-order valence-electron chi connectivity index (χ3n) is 5.60. The van der Waals surface area contributed by atoms with E-state index in [1.54, 1.807) is 0 Å². The molecule has 4 rings (SSSR count). The van der Waals surface area contributed by atoms with E-state index in [1.807, 2.05) is 0 Å². The van der Waals surface area contributed by atoms with Gasteiger partial charge in [0.25, 0.3) is 5.91 Å². The molecule has 2 fully saturated rings. The summed E-state index contributed by atoms with van der Waals surface area (Å²) in [7, 11) is 0. The van der Waals surface area contributed by atoms with E-state index in [-0.39, 0.29) is 25.3 Å². The Bertz CT molecular complexity index is 829. The number of hydrogen-bond donors (Lipinski definition) is 1. The number of benzene rings is 1. The van der Waals surface area contributed by atoms with Crippen molar-refractivity contribution in [3.05, 3.63) is 34.6 Å². The van der Waals surface area contributed by atoms with Crippen LogP contribution in [0.25, 0.3) is 0 Å². The lowest BCUT2D eigenvalue weighted by atomic mass is 9.90. The maximum absolute atomic E-state index is 14.1. The Kier molecular flexibility index (Phi) is 4.09. The van der Waals surface area contributed by atoms with Gasteiger partial charge >= 0.3 is 0 Å². The van der Waals surface area contributed by atoms with E-state index < -0.39 is 35.4 Å². The number of carbonyl (C=O) groups is 4. The topological polar surface area (TPSA) is 83.6 Å². The van der Waals surface area contributed by atoms with Crippen LogP contribution in [0.2, 0.25) is 0 Å². The largest absolute Gasteiger partial charge is 0.296 e. The number of amides is 4. The van der Waals surface area contributed by atoms with E-state index in [4.69, 9.17) is 0 Å². The van der Waals surface area contributed by atoms with E-state index in [0.717, 1.165) is 30.6 Å². The van der Waals surface area contributed by atoms with Crippen LogP contribution >= 0.6 is 0 Å². The molecular weight excluding hydrogens is 339 g/mol. The van der Waals surface area contributed by atoms with Gasteiger partial charge in [0.15, 0.2) is 0 Å². The van der Waals surface area contributed by atoms with Gasteiger partial charge in [-0.1, -0.05) is 12.8 Å². The summed E-state index contributed by atoms with van der Waals surface area (Å²) in [5, 5.41) is 2.14. The molecule has 1 atom stereocenters. The molecule has 2 aliphatic heterocycles. The molecule has 3 aliphatic rings. The molecule has 4 amide bonds. The van der Waals surface area contributed by atoms with Crippen LogP contribution < -0.4 is 5.32 Å². The molecule has 2 heterocycles. The summed E-state index contributed by atoms with van der Waals surface area (Å²) in [6.45, 7) is -0.0256. The summed E-state index contributed by atoms with van der Waals surface area (Å²) >= 11 is 0. The minimum atomic E-state index is -1.05. The molecule has 1 aromatic rings. The molecule has 1 aromatic carbocycles. The third-order valence-corrected chi connectivity index (χ3v) is 5.60. The molecule has 1 saturated carbocycles. The number of fused-ring (bicyclic) bond motifs is 1. The zero-order valence-corrected chi connectivity index (χ0v) is 14.2. The first kappa shape index (κ1) is 16.9. The minimum absolute atomic E-state index is 0.0256. The van der Waals surface area contributed by atoms with Crippen molar-refractivity contribution in [2.45, 2.75) is 51.0 Å². The summed E-state index contributed by atoms with van der Waals surface area (Å²) in [5.41, 5.74) is 1.59. The Labute approximate surface area is 149 Å².